The predicted molar refractivity (Wildman–Crippen MR) is 62.1 cm³/mol. The summed E-state index contributed by atoms with van der Waals surface area (Å²) in [6.45, 7) is 2.00. The summed E-state index contributed by atoms with van der Waals surface area (Å²) < 4.78 is 12.3. The van der Waals surface area contributed by atoms with Crippen LogP contribution < -0.4 is 5.32 Å². The van der Waals surface area contributed by atoms with Crippen molar-refractivity contribution in [2.75, 3.05) is 13.1 Å². The molecule has 2 aliphatic rings. The van der Waals surface area contributed by atoms with Crippen LogP contribution in [0.5, 0.6) is 0 Å². The molecule has 2 aliphatic heterocycles. The SMILES string of the molecule is O=S1Cc2ccccc2C12CCNCC2. The molecule has 3 rings (SSSR count). The van der Waals surface area contributed by atoms with Gasteiger partial charge in [-0.05, 0) is 37.1 Å². The van der Waals surface area contributed by atoms with Gasteiger partial charge in [0.25, 0.3) is 0 Å². The molecule has 0 aliphatic carbocycles. The normalized spacial score (nSPS) is 27.9. The summed E-state index contributed by atoms with van der Waals surface area (Å²) in [6, 6.07) is 8.43. The van der Waals surface area contributed by atoms with Gasteiger partial charge in [0, 0.05) is 16.6 Å². The molecule has 1 aromatic carbocycles. The number of rotatable bonds is 0. The molecule has 1 fully saturated rings. The van der Waals surface area contributed by atoms with Gasteiger partial charge in [-0.1, -0.05) is 24.3 Å². The first-order chi connectivity index (χ1) is 7.33. The number of fused-ring (bicyclic) bond motifs is 2. The van der Waals surface area contributed by atoms with Crippen molar-refractivity contribution in [1.82, 2.24) is 5.32 Å². The smallest absolute Gasteiger partial charge is 0.0737 e. The first-order valence-electron chi connectivity index (χ1n) is 5.50. The van der Waals surface area contributed by atoms with E-state index in [9.17, 15) is 4.21 Å². The average molecular weight is 221 g/mol. The van der Waals surface area contributed by atoms with Crippen molar-refractivity contribution in [3.8, 4) is 0 Å². The van der Waals surface area contributed by atoms with Gasteiger partial charge in [-0.3, -0.25) is 4.21 Å². The van der Waals surface area contributed by atoms with Crippen molar-refractivity contribution in [3.63, 3.8) is 0 Å². The molecule has 2 heterocycles. The highest BCUT2D eigenvalue weighted by atomic mass is 32.2. The topological polar surface area (TPSA) is 29.1 Å². The van der Waals surface area contributed by atoms with Gasteiger partial charge in [0.2, 0.25) is 0 Å². The molecule has 1 spiro atoms. The Hall–Kier alpha value is -0.670. The number of hydrogen-bond donors (Lipinski definition) is 1. The third-order valence-corrected chi connectivity index (χ3v) is 5.71. The Balaban J connectivity index is 2.11. The first kappa shape index (κ1) is 9.55. The first-order valence-corrected chi connectivity index (χ1v) is 6.82. The molecule has 0 saturated carbocycles. The van der Waals surface area contributed by atoms with Crippen molar-refractivity contribution in [3.05, 3.63) is 35.4 Å². The minimum Gasteiger partial charge on any atom is -0.317 e. The fourth-order valence-electron chi connectivity index (χ4n) is 2.82. The minimum absolute atomic E-state index is 0.0259. The summed E-state index contributed by atoms with van der Waals surface area (Å²) in [5.41, 5.74) is 2.66. The molecule has 0 amide bonds. The summed E-state index contributed by atoms with van der Waals surface area (Å²) in [5.74, 6) is 0.760. The van der Waals surface area contributed by atoms with Crippen molar-refractivity contribution in [2.45, 2.75) is 23.3 Å². The van der Waals surface area contributed by atoms with Crippen molar-refractivity contribution >= 4 is 10.8 Å². The molecule has 1 unspecified atom stereocenters. The molecular weight excluding hydrogens is 206 g/mol. The zero-order chi connectivity index (χ0) is 10.3. The third-order valence-electron chi connectivity index (χ3n) is 3.64. The van der Waals surface area contributed by atoms with Gasteiger partial charge in [-0.25, -0.2) is 0 Å². The second-order valence-corrected chi connectivity index (χ2v) is 6.15. The monoisotopic (exact) mass is 221 g/mol. The van der Waals surface area contributed by atoms with Crippen LogP contribution in [0.3, 0.4) is 0 Å². The average Bonchev–Trinajstić information content (AvgIpc) is 2.55. The van der Waals surface area contributed by atoms with E-state index in [4.69, 9.17) is 0 Å². The summed E-state index contributed by atoms with van der Waals surface area (Å²) in [6.07, 6.45) is 2.05. The lowest BCUT2D eigenvalue weighted by atomic mass is 9.87. The maximum absolute atomic E-state index is 12.3. The van der Waals surface area contributed by atoms with E-state index in [-0.39, 0.29) is 4.75 Å². The summed E-state index contributed by atoms with van der Waals surface area (Å²) in [4.78, 5) is 0. The lowest BCUT2D eigenvalue weighted by molar-refractivity contribution is 0.416. The Morgan fingerprint density at radius 1 is 1.20 bits per heavy atom. The van der Waals surface area contributed by atoms with Gasteiger partial charge < -0.3 is 5.32 Å². The van der Waals surface area contributed by atoms with Crippen molar-refractivity contribution in [2.24, 2.45) is 0 Å². The van der Waals surface area contributed by atoms with Crippen LogP contribution in [0.15, 0.2) is 24.3 Å². The molecule has 1 N–H and O–H groups in total. The molecule has 1 saturated heterocycles. The number of piperidine rings is 1. The molecule has 1 atom stereocenters. The van der Waals surface area contributed by atoms with E-state index in [1.807, 2.05) is 0 Å². The van der Waals surface area contributed by atoms with E-state index >= 15 is 0 Å². The van der Waals surface area contributed by atoms with E-state index in [1.165, 1.54) is 11.1 Å². The van der Waals surface area contributed by atoms with Gasteiger partial charge in [0.05, 0.1) is 4.75 Å². The molecule has 80 valence electrons. The molecule has 3 heteroatoms. The Bertz CT molecular complexity index is 410. The van der Waals surface area contributed by atoms with Crippen LogP contribution in [0.25, 0.3) is 0 Å². The number of benzene rings is 1. The van der Waals surface area contributed by atoms with Crippen LogP contribution in [0.2, 0.25) is 0 Å². The quantitative estimate of drug-likeness (QED) is 0.720. The maximum Gasteiger partial charge on any atom is 0.0737 e. The molecule has 0 radical (unpaired) electrons. The fraction of sp³-hybridized carbons (Fsp3) is 0.500. The van der Waals surface area contributed by atoms with Gasteiger partial charge in [0.15, 0.2) is 0 Å². The molecule has 1 aromatic rings. The zero-order valence-electron chi connectivity index (χ0n) is 8.66. The standard InChI is InChI=1S/C12H15NOS/c14-15-9-10-3-1-2-4-11(10)12(15)5-7-13-8-6-12/h1-4,13H,5-9H2. The van der Waals surface area contributed by atoms with Crippen LogP contribution in [0, 0.1) is 0 Å². The molecule has 0 aromatic heterocycles. The zero-order valence-corrected chi connectivity index (χ0v) is 9.48. The van der Waals surface area contributed by atoms with E-state index < -0.39 is 10.8 Å². The Morgan fingerprint density at radius 2 is 1.93 bits per heavy atom. The van der Waals surface area contributed by atoms with Crippen LogP contribution in [0.1, 0.15) is 24.0 Å². The second kappa shape index (κ2) is 3.42. The van der Waals surface area contributed by atoms with Crippen molar-refractivity contribution < 1.29 is 4.21 Å². The fourth-order valence-corrected chi connectivity index (χ4v) is 4.73. The Labute approximate surface area is 92.5 Å². The van der Waals surface area contributed by atoms with Gasteiger partial charge >= 0.3 is 0 Å². The second-order valence-electron chi connectivity index (χ2n) is 4.39. The van der Waals surface area contributed by atoms with E-state index in [2.05, 4.69) is 29.6 Å². The summed E-state index contributed by atoms with van der Waals surface area (Å²) in [7, 11) is -0.704. The van der Waals surface area contributed by atoms with E-state index in [1.54, 1.807) is 0 Å². The Kier molecular flexibility index (Phi) is 2.18. The lowest BCUT2D eigenvalue weighted by Crippen LogP contribution is -2.40. The highest BCUT2D eigenvalue weighted by molar-refractivity contribution is 7.85. The lowest BCUT2D eigenvalue weighted by Gasteiger charge is -2.33. The van der Waals surface area contributed by atoms with Crippen LogP contribution >= 0.6 is 0 Å². The number of nitrogens with one attached hydrogen (secondary N) is 1. The molecule has 2 nitrogen and oxygen atoms in total. The third kappa shape index (κ3) is 1.30. The van der Waals surface area contributed by atoms with Crippen LogP contribution in [-0.4, -0.2) is 17.3 Å². The Morgan fingerprint density at radius 3 is 2.73 bits per heavy atom. The largest absolute Gasteiger partial charge is 0.317 e. The van der Waals surface area contributed by atoms with Crippen LogP contribution in [0.4, 0.5) is 0 Å². The van der Waals surface area contributed by atoms with E-state index in [0.29, 0.717) is 0 Å². The summed E-state index contributed by atoms with van der Waals surface area (Å²) in [5, 5.41) is 3.35. The minimum atomic E-state index is -0.704. The highest BCUT2D eigenvalue weighted by Gasteiger charge is 2.45. The summed E-state index contributed by atoms with van der Waals surface area (Å²) >= 11 is 0. The predicted octanol–water partition coefficient (Wildman–Crippen LogP) is 1.53. The molecular formula is C12H15NOS. The molecule has 15 heavy (non-hydrogen) atoms. The van der Waals surface area contributed by atoms with Gasteiger partial charge in [-0.2, -0.15) is 0 Å². The van der Waals surface area contributed by atoms with Crippen LogP contribution in [-0.2, 0) is 21.3 Å². The van der Waals surface area contributed by atoms with E-state index in [0.717, 1.165) is 31.7 Å². The highest BCUT2D eigenvalue weighted by Crippen LogP contribution is 2.45. The van der Waals surface area contributed by atoms with Gasteiger partial charge in [-0.15, -0.1) is 0 Å². The van der Waals surface area contributed by atoms with Crippen molar-refractivity contribution in [1.29, 1.82) is 0 Å². The number of hydrogen-bond acceptors (Lipinski definition) is 2. The molecule has 0 bridgehead atoms. The van der Waals surface area contributed by atoms with Gasteiger partial charge in [0.1, 0.15) is 0 Å². The maximum atomic E-state index is 12.3.